The van der Waals surface area contributed by atoms with Crippen LogP contribution in [0.4, 0.5) is 5.69 Å². The Balaban J connectivity index is 1.78. The first-order valence-electron chi connectivity index (χ1n) is 6.19. The molecule has 0 fully saturated rings. The highest BCUT2D eigenvalue weighted by Gasteiger charge is 2.04. The molecule has 1 aromatic heterocycles. The number of phenols is 1. The Morgan fingerprint density at radius 2 is 2.15 bits per heavy atom. The van der Waals surface area contributed by atoms with Crippen LogP contribution in [0, 0.1) is 0 Å². The van der Waals surface area contributed by atoms with E-state index in [0.29, 0.717) is 6.54 Å². The molecule has 0 aliphatic rings. The number of methoxy groups -OCH3 is 1. The van der Waals surface area contributed by atoms with E-state index in [1.54, 1.807) is 30.6 Å². The predicted molar refractivity (Wildman–Crippen MR) is 81.6 cm³/mol. The normalized spacial score (nSPS) is 10.7. The molecule has 2 aromatic carbocycles. The minimum Gasteiger partial charge on any atom is -0.508 e. The summed E-state index contributed by atoms with van der Waals surface area (Å²) >= 11 is 1.61. The highest BCUT2D eigenvalue weighted by Crippen LogP contribution is 2.25. The number of thiazole rings is 1. The molecule has 0 aliphatic carbocycles. The monoisotopic (exact) mass is 286 g/mol. The summed E-state index contributed by atoms with van der Waals surface area (Å²) in [6.07, 6.45) is 0. The molecule has 1 heterocycles. The minimum absolute atomic E-state index is 0.261. The molecule has 0 aliphatic heterocycles. The number of benzene rings is 2. The molecular weight excluding hydrogens is 272 g/mol. The van der Waals surface area contributed by atoms with Crippen LogP contribution < -0.4 is 10.1 Å². The molecule has 0 atom stereocenters. The number of ether oxygens (including phenoxy) is 1. The number of phenolic OH excluding ortho intramolecular Hbond substituents is 1. The van der Waals surface area contributed by atoms with Crippen LogP contribution >= 0.6 is 11.3 Å². The molecule has 0 saturated heterocycles. The van der Waals surface area contributed by atoms with Gasteiger partial charge in [-0.25, -0.2) is 4.98 Å². The fraction of sp³-hybridized carbons (Fsp3) is 0.133. The molecule has 20 heavy (non-hydrogen) atoms. The third-order valence-corrected chi connectivity index (χ3v) is 3.89. The van der Waals surface area contributed by atoms with E-state index in [2.05, 4.69) is 16.4 Å². The lowest BCUT2D eigenvalue weighted by atomic mass is 10.2. The summed E-state index contributed by atoms with van der Waals surface area (Å²) in [6.45, 7) is 0.535. The Kier molecular flexibility index (Phi) is 3.43. The van der Waals surface area contributed by atoms with Gasteiger partial charge in [0.05, 0.1) is 22.8 Å². The zero-order valence-electron chi connectivity index (χ0n) is 11.0. The van der Waals surface area contributed by atoms with Crippen molar-refractivity contribution in [3.8, 4) is 11.5 Å². The average Bonchev–Trinajstić information content (AvgIpc) is 2.94. The lowest BCUT2D eigenvalue weighted by Gasteiger charge is -2.09. The highest BCUT2D eigenvalue weighted by molar-refractivity contribution is 7.16. The number of anilines is 1. The van der Waals surface area contributed by atoms with Crippen molar-refractivity contribution in [2.75, 3.05) is 12.4 Å². The quantitative estimate of drug-likeness (QED) is 0.769. The van der Waals surface area contributed by atoms with Crippen molar-refractivity contribution >= 4 is 27.2 Å². The summed E-state index contributed by atoms with van der Waals surface area (Å²) in [5.41, 5.74) is 4.64. The molecule has 0 spiro atoms. The Hall–Kier alpha value is -2.27. The summed E-state index contributed by atoms with van der Waals surface area (Å²) < 4.78 is 6.31. The van der Waals surface area contributed by atoms with Gasteiger partial charge in [0.25, 0.3) is 0 Å². The molecule has 0 unspecified atom stereocenters. The summed E-state index contributed by atoms with van der Waals surface area (Å²) in [4.78, 5) is 4.25. The van der Waals surface area contributed by atoms with Gasteiger partial charge in [-0.1, -0.05) is 0 Å². The fourth-order valence-electron chi connectivity index (χ4n) is 1.99. The van der Waals surface area contributed by atoms with Gasteiger partial charge >= 0.3 is 0 Å². The van der Waals surface area contributed by atoms with Crippen molar-refractivity contribution in [3.63, 3.8) is 0 Å². The second-order valence-corrected chi connectivity index (χ2v) is 5.27. The molecule has 3 aromatic rings. The van der Waals surface area contributed by atoms with E-state index in [4.69, 9.17) is 4.74 Å². The molecule has 0 saturated carbocycles. The molecule has 5 heteroatoms. The average molecular weight is 286 g/mol. The minimum atomic E-state index is 0.261. The van der Waals surface area contributed by atoms with E-state index in [1.165, 1.54) is 0 Å². The van der Waals surface area contributed by atoms with Crippen molar-refractivity contribution in [1.29, 1.82) is 0 Å². The number of hydrogen-bond donors (Lipinski definition) is 2. The van der Waals surface area contributed by atoms with Gasteiger partial charge < -0.3 is 15.2 Å². The zero-order chi connectivity index (χ0) is 13.9. The van der Waals surface area contributed by atoms with Crippen LogP contribution in [-0.4, -0.2) is 17.2 Å². The maximum absolute atomic E-state index is 9.84. The Morgan fingerprint density at radius 3 is 3.00 bits per heavy atom. The van der Waals surface area contributed by atoms with E-state index in [1.807, 2.05) is 23.7 Å². The molecule has 0 amide bonds. The van der Waals surface area contributed by atoms with Gasteiger partial charge in [0, 0.05) is 17.8 Å². The SMILES string of the molecule is COc1ccc(O)c(CNc2ccc3ncsc3c2)c1. The largest absolute Gasteiger partial charge is 0.508 e. The lowest BCUT2D eigenvalue weighted by molar-refractivity contribution is 0.411. The summed E-state index contributed by atoms with van der Waals surface area (Å²) in [5, 5.41) is 13.1. The zero-order valence-corrected chi connectivity index (χ0v) is 11.8. The van der Waals surface area contributed by atoms with E-state index in [9.17, 15) is 5.11 Å². The maximum Gasteiger partial charge on any atom is 0.120 e. The molecule has 3 rings (SSSR count). The van der Waals surface area contributed by atoms with Crippen molar-refractivity contribution in [3.05, 3.63) is 47.5 Å². The van der Waals surface area contributed by atoms with E-state index in [-0.39, 0.29) is 5.75 Å². The predicted octanol–water partition coefficient (Wildman–Crippen LogP) is 3.62. The Labute approximate surface area is 120 Å². The van der Waals surface area contributed by atoms with Gasteiger partial charge in [-0.05, 0) is 36.4 Å². The Bertz CT molecular complexity index is 740. The topological polar surface area (TPSA) is 54.4 Å². The van der Waals surface area contributed by atoms with Gasteiger partial charge in [-0.3, -0.25) is 0 Å². The number of hydrogen-bond acceptors (Lipinski definition) is 5. The van der Waals surface area contributed by atoms with Crippen molar-refractivity contribution in [1.82, 2.24) is 4.98 Å². The Morgan fingerprint density at radius 1 is 1.25 bits per heavy atom. The number of aromatic hydroxyl groups is 1. The van der Waals surface area contributed by atoms with Crippen LogP contribution in [0.3, 0.4) is 0 Å². The number of nitrogens with one attached hydrogen (secondary N) is 1. The standard InChI is InChI=1S/C15H14N2O2S/c1-19-12-3-5-14(18)10(6-12)8-16-11-2-4-13-15(7-11)20-9-17-13/h2-7,9,16,18H,8H2,1H3. The van der Waals surface area contributed by atoms with Crippen LogP contribution in [-0.2, 0) is 6.54 Å². The second kappa shape index (κ2) is 5.38. The van der Waals surface area contributed by atoms with E-state index >= 15 is 0 Å². The van der Waals surface area contributed by atoms with Gasteiger partial charge in [-0.15, -0.1) is 11.3 Å². The van der Waals surface area contributed by atoms with E-state index in [0.717, 1.165) is 27.2 Å². The third-order valence-electron chi connectivity index (χ3n) is 3.10. The van der Waals surface area contributed by atoms with Gasteiger partial charge in [-0.2, -0.15) is 0 Å². The van der Waals surface area contributed by atoms with Gasteiger partial charge in [0.15, 0.2) is 0 Å². The van der Waals surface area contributed by atoms with Crippen LogP contribution in [0.15, 0.2) is 41.9 Å². The molecule has 2 N–H and O–H groups in total. The van der Waals surface area contributed by atoms with Crippen LogP contribution in [0.2, 0.25) is 0 Å². The summed E-state index contributed by atoms with van der Waals surface area (Å²) in [5.74, 6) is 0.995. The van der Waals surface area contributed by atoms with Crippen molar-refractivity contribution in [2.24, 2.45) is 0 Å². The fourth-order valence-corrected chi connectivity index (χ4v) is 2.71. The lowest BCUT2D eigenvalue weighted by Crippen LogP contribution is -2.00. The smallest absolute Gasteiger partial charge is 0.120 e. The number of rotatable bonds is 4. The molecule has 102 valence electrons. The third kappa shape index (κ3) is 2.53. The molecule has 0 radical (unpaired) electrons. The molecule has 4 nitrogen and oxygen atoms in total. The van der Waals surface area contributed by atoms with Crippen molar-refractivity contribution in [2.45, 2.75) is 6.54 Å². The maximum atomic E-state index is 9.84. The molecular formula is C15H14N2O2S. The summed E-state index contributed by atoms with van der Waals surface area (Å²) in [6, 6.07) is 11.2. The highest BCUT2D eigenvalue weighted by atomic mass is 32.1. The number of aromatic nitrogens is 1. The van der Waals surface area contributed by atoms with Crippen LogP contribution in [0.1, 0.15) is 5.56 Å². The summed E-state index contributed by atoms with van der Waals surface area (Å²) in [7, 11) is 1.61. The second-order valence-electron chi connectivity index (χ2n) is 4.38. The first-order valence-corrected chi connectivity index (χ1v) is 7.07. The van der Waals surface area contributed by atoms with Crippen LogP contribution in [0.5, 0.6) is 11.5 Å². The van der Waals surface area contributed by atoms with Crippen molar-refractivity contribution < 1.29 is 9.84 Å². The number of nitrogens with zero attached hydrogens (tertiary/aromatic N) is 1. The first-order chi connectivity index (χ1) is 9.76. The van der Waals surface area contributed by atoms with Gasteiger partial charge in [0.2, 0.25) is 0 Å². The van der Waals surface area contributed by atoms with Gasteiger partial charge in [0.1, 0.15) is 11.5 Å². The first kappa shape index (κ1) is 12.7. The van der Waals surface area contributed by atoms with Crippen LogP contribution in [0.25, 0.3) is 10.2 Å². The number of fused-ring (bicyclic) bond motifs is 1. The molecule has 0 bridgehead atoms. The van der Waals surface area contributed by atoms with E-state index < -0.39 is 0 Å².